The Balaban J connectivity index is 1.41. The number of nitrogens with zero attached hydrogens (tertiary/aromatic N) is 3. The summed E-state index contributed by atoms with van der Waals surface area (Å²) >= 11 is 1.34. The van der Waals surface area contributed by atoms with Crippen LogP contribution in [0, 0.1) is 25.2 Å². The first kappa shape index (κ1) is 22.8. The zero-order valence-electron chi connectivity index (χ0n) is 19.1. The van der Waals surface area contributed by atoms with Gasteiger partial charge in [-0.25, -0.2) is 0 Å². The highest BCUT2D eigenvalue weighted by Crippen LogP contribution is 2.31. The van der Waals surface area contributed by atoms with Gasteiger partial charge in [0.25, 0.3) is 5.91 Å². The number of aliphatic imine (C=N–C) groups is 1. The van der Waals surface area contributed by atoms with Gasteiger partial charge in [0.15, 0.2) is 5.84 Å². The van der Waals surface area contributed by atoms with Gasteiger partial charge in [0.2, 0.25) is 5.17 Å². The van der Waals surface area contributed by atoms with Crippen LogP contribution < -0.4 is 9.47 Å². The second kappa shape index (κ2) is 9.62. The lowest BCUT2D eigenvalue weighted by atomic mass is 10.1. The molecule has 1 N–H and O–H groups in total. The molecule has 0 aromatic heterocycles. The van der Waals surface area contributed by atoms with Gasteiger partial charge in [-0.05, 0) is 72.6 Å². The lowest BCUT2D eigenvalue weighted by molar-refractivity contribution is -0.114. The van der Waals surface area contributed by atoms with Crippen LogP contribution in [0.2, 0.25) is 0 Å². The van der Waals surface area contributed by atoms with Gasteiger partial charge in [-0.1, -0.05) is 32.0 Å². The van der Waals surface area contributed by atoms with Gasteiger partial charge >= 0.3 is 0 Å². The van der Waals surface area contributed by atoms with Gasteiger partial charge in [-0.2, -0.15) is 15.1 Å². The first-order chi connectivity index (χ1) is 15.8. The Bertz CT molecular complexity index is 1200. The van der Waals surface area contributed by atoms with E-state index in [2.05, 4.69) is 23.9 Å². The SMILES string of the molecule is Cc1ccc(OCCOc2cccc(/C=C3/C(=N)N4N=C(C(C)C)SC4=NC3=O)c2)cc1C. The van der Waals surface area contributed by atoms with Crippen molar-refractivity contribution in [1.82, 2.24) is 5.01 Å². The van der Waals surface area contributed by atoms with Gasteiger partial charge in [0.1, 0.15) is 29.8 Å². The minimum absolute atomic E-state index is 0.0289. The summed E-state index contributed by atoms with van der Waals surface area (Å²) < 4.78 is 11.6. The minimum atomic E-state index is -0.438. The van der Waals surface area contributed by atoms with Crippen LogP contribution in [0.4, 0.5) is 0 Å². The summed E-state index contributed by atoms with van der Waals surface area (Å²) in [5.41, 5.74) is 3.36. The molecule has 0 radical (unpaired) electrons. The van der Waals surface area contributed by atoms with E-state index < -0.39 is 5.91 Å². The number of nitrogens with one attached hydrogen (secondary N) is 1. The molecule has 0 atom stereocenters. The molecule has 2 aliphatic rings. The molecule has 2 aliphatic heterocycles. The van der Waals surface area contributed by atoms with Gasteiger partial charge in [-0.15, -0.1) is 0 Å². The number of thioether (sulfide) groups is 1. The fourth-order valence-electron chi connectivity index (χ4n) is 3.22. The Kier molecular flexibility index (Phi) is 6.65. The van der Waals surface area contributed by atoms with E-state index in [1.807, 2.05) is 56.3 Å². The second-order valence-electron chi connectivity index (χ2n) is 8.13. The largest absolute Gasteiger partial charge is 0.490 e. The van der Waals surface area contributed by atoms with E-state index in [1.165, 1.54) is 27.9 Å². The first-order valence-electron chi connectivity index (χ1n) is 10.7. The van der Waals surface area contributed by atoms with Crippen molar-refractivity contribution in [2.45, 2.75) is 27.7 Å². The van der Waals surface area contributed by atoms with Crippen molar-refractivity contribution in [3.63, 3.8) is 0 Å². The third-order valence-corrected chi connectivity index (χ3v) is 6.44. The molecule has 2 heterocycles. The number of amidine groups is 2. The quantitative estimate of drug-likeness (QED) is 0.460. The summed E-state index contributed by atoms with van der Waals surface area (Å²) in [6, 6.07) is 13.4. The summed E-state index contributed by atoms with van der Waals surface area (Å²) in [7, 11) is 0. The predicted molar refractivity (Wildman–Crippen MR) is 133 cm³/mol. The zero-order valence-corrected chi connectivity index (χ0v) is 19.9. The molecular weight excluding hydrogens is 436 g/mol. The number of amides is 1. The van der Waals surface area contributed by atoms with Crippen LogP contribution >= 0.6 is 11.8 Å². The molecule has 0 fully saturated rings. The number of hydrazone groups is 1. The highest BCUT2D eigenvalue weighted by Gasteiger charge is 2.36. The molecule has 0 saturated heterocycles. The highest BCUT2D eigenvalue weighted by atomic mass is 32.2. The maximum atomic E-state index is 12.6. The molecular formula is C25H26N4O3S. The molecule has 170 valence electrons. The van der Waals surface area contributed by atoms with E-state index in [0.717, 1.165) is 16.4 Å². The third kappa shape index (κ3) is 5.17. The fraction of sp³-hybridized carbons (Fsp3) is 0.280. The first-order valence-corrected chi connectivity index (χ1v) is 11.6. The Labute approximate surface area is 197 Å². The molecule has 8 heteroatoms. The molecule has 2 aromatic carbocycles. The Hall–Kier alpha value is -3.39. The predicted octanol–water partition coefficient (Wildman–Crippen LogP) is 5.04. The smallest absolute Gasteiger partial charge is 0.283 e. The number of fused-ring (bicyclic) bond motifs is 1. The number of hydrogen-bond donors (Lipinski definition) is 1. The molecule has 0 unspecified atom stereocenters. The summed E-state index contributed by atoms with van der Waals surface area (Å²) in [6.07, 6.45) is 1.65. The van der Waals surface area contributed by atoms with Crippen molar-refractivity contribution in [3.05, 3.63) is 64.7 Å². The molecule has 0 aliphatic carbocycles. The number of hydrogen-bond acceptors (Lipinski definition) is 6. The summed E-state index contributed by atoms with van der Waals surface area (Å²) in [5, 5.41) is 15.6. The van der Waals surface area contributed by atoms with Crippen molar-refractivity contribution < 1.29 is 14.3 Å². The van der Waals surface area contributed by atoms with Crippen LogP contribution in [0.25, 0.3) is 6.08 Å². The number of aryl methyl sites for hydroxylation is 2. The number of ether oxygens (including phenoxy) is 2. The van der Waals surface area contributed by atoms with Crippen molar-refractivity contribution in [2.75, 3.05) is 13.2 Å². The maximum Gasteiger partial charge on any atom is 0.283 e. The van der Waals surface area contributed by atoms with Crippen molar-refractivity contribution in [3.8, 4) is 11.5 Å². The Morgan fingerprint density at radius 3 is 2.48 bits per heavy atom. The number of benzene rings is 2. The lowest BCUT2D eigenvalue weighted by Gasteiger charge is -2.20. The Morgan fingerprint density at radius 1 is 1.06 bits per heavy atom. The molecule has 7 nitrogen and oxygen atoms in total. The third-order valence-electron chi connectivity index (χ3n) is 5.23. The van der Waals surface area contributed by atoms with Crippen molar-refractivity contribution >= 4 is 39.8 Å². The van der Waals surface area contributed by atoms with Crippen LogP contribution in [-0.4, -0.2) is 40.2 Å². The topological polar surface area (TPSA) is 87.3 Å². The maximum absolute atomic E-state index is 12.6. The molecule has 0 spiro atoms. The fourth-order valence-corrected chi connectivity index (χ4v) is 4.12. The van der Waals surface area contributed by atoms with E-state index >= 15 is 0 Å². The minimum Gasteiger partial charge on any atom is -0.490 e. The van der Waals surface area contributed by atoms with Crippen LogP contribution in [0.15, 0.2) is 58.1 Å². The van der Waals surface area contributed by atoms with Gasteiger partial charge in [-0.3, -0.25) is 10.2 Å². The summed E-state index contributed by atoms with van der Waals surface area (Å²) in [4.78, 5) is 16.7. The number of rotatable bonds is 7. The van der Waals surface area contributed by atoms with E-state index in [0.29, 0.717) is 24.1 Å². The van der Waals surface area contributed by atoms with Crippen LogP contribution in [0.3, 0.4) is 0 Å². The van der Waals surface area contributed by atoms with Crippen LogP contribution in [0.5, 0.6) is 11.5 Å². The zero-order chi connectivity index (χ0) is 23.5. The molecule has 0 saturated carbocycles. The standard InChI is InChI=1S/C25H26N4O3S/c1-15(2)24-28-29-22(26)21(23(30)27-25(29)33-24)14-18-6-5-7-19(13-18)31-10-11-32-20-9-8-16(3)17(4)12-20/h5-9,12-15,26H,10-11H2,1-4H3/b21-14-,26-22?. The molecule has 33 heavy (non-hydrogen) atoms. The van der Waals surface area contributed by atoms with Crippen LogP contribution in [0.1, 0.15) is 30.5 Å². The molecule has 1 amide bonds. The van der Waals surface area contributed by atoms with Crippen LogP contribution in [-0.2, 0) is 4.79 Å². The van der Waals surface area contributed by atoms with E-state index in [1.54, 1.807) is 6.08 Å². The number of carbonyl (C=O) groups excluding carboxylic acids is 1. The molecule has 0 bridgehead atoms. The Morgan fingerprint density at radius 2 is 1.79 bits per heavy atom. The summed E-state index contributed by atoms with van der Waals surface area (Å²) in [5.74, 6) is 1.27. The van der Waals surface area contributed by atoms with Crippen molar-refractivity contribution in [2.24, 2.45) is 16.0 Å². The average Bonchev–Trinajstić information content (AvgIpc) is 3.21. The molecule has 4 rings (SSSR count). The van der Waals surface area contributed by atoms with E-state index in [9.17, 15) is 4.79 Å². The van der Waals surface area contributed by atoms with E-state index in [4.69, 9.17) is 14.9 Å². The number of carbonyl (C=O) groups is 1. The average molecular weight is 463 g/mol. The lowest BCUT2D eigenvalue weighted by Crippen LogP contribution is -2.35. The van der Waals surface area contributed by atoms with Crippen molar-refractivity contribution in [1.29, 1.82) is 5.41 Å². The van der Waals surface area contributed by atoms with Gasteiger partial charge < -0.3 is 9.47 Å². The van der Waals surface area contributed by atoms with Gasteiger partial charge in [0, 0.05) is 5.92 Å². The normalized spacial score (nSPS) is 16.8. The highest BCUT2D eigenvalue weighted by molar-refractivity contribution is 8.27. The molecule has 2 aromatic rings. The van der Waals surface area contributed by atoms with E-state index in [-0.39, 0.29) is 17.3 Å². The summed E-state index contributed by atoms with van der Waals surface area (Å²) in [6.45, 7) is 8.96. The van der Waals surface area contributed by atoms with Gasteiger partial charge in [0.05, 0.1) is 5.57 Å². The monoisotopic (exact) mass is 462 g/mol. The second-order valence-corrected chi connectivity index (χ2v) is 9.12.